The van der Waals surface area contributed by atoms with Crippen molar-refractivity contribution in [2.24, 2.45) is 0 Å². The highest BCUT2D eigenvalue weighted by atomic mass is 32.2. The maximum absolute atomic E-state index is 12.8. The molecule has 5 nitrogen and oxygen atoms in total. The molecule has 4 rings (SSSR count). The molecule has 2 aromatic carbocycles. The van der Waals surface area contributed by atoms with Gasteiger partial charge >= 0.3 is 6.18 Å². The van der Waals surface area contributed by atoms with Gasteiger partial charge in [-0.2, -0.15) is 17.5 Å². The van der Waals surface area contributed by atoms with Gasteiger partial charge in [-0.15, -0.1) is 0 Å². The van der Waals surface area contributed by atoms with Gasteiger partial charge in [-0.1, -0.05) is 18.7 Å². The summed E-state index contributed by atoms with van der Waals surface area (Å²) in [5.74, 6) is 1.03. The Morgan fingerprint density at radius 3 is 2.34 bits per heavy atom. The molecule has 0 amide bonds. The highest BCUT2D eigenvalue weighted by Crippen LogP contribution is 2.35. The third kappa shape index (κ3) is 4.84. The number of fused-ring (bicyclic) bond motifs is 1. The maximum atomic E-state index is 12.8. The molecule has 0 unspecified atom stereocenters. The highest BCUT2D eigenvalue weighted by Gasteiger charge is 2.32. The van der Waals surface area contributed by atoms with E-state index in [0.717, 1.165) is 61.0 Å². The Morgan fingerprint density at radius 1 is 1.03 bits per heavy atom. The van der Waals surface area contributed by atoms with Crippen molar-refractivity contribution >= 4 is 10.0 Å². The summed E-state index contributed by atoms with van der Waals surface area (Å²) >= 11 is 0. The van der Waals surface area contributed by atoms with Crippen LogP contribution in [-0.2, 0) is 29.2 Å². The van der Waals surface area contributed by atoms with Gasteiger partial charge in [-0.3, -0.25) is 4.90 Å². The Balaban J connectivity index is 1.42. The third-order valence-electron chi connectivity index (χ3n) is 6.17. The number of sulfonamides is 1. The summed E-state index contributed by atoms with van der Waals surface area (Å²) in [6.45, 7) is 5.92. The predicted octanol–water partition coefficient (Wildman–Crippen LogP) is 4.79. The normalized spacial score (nSPS) is 18.8. The van der Waals surface area contributed by atoms with Crippen LogP contribution in [0.2, 0.25) is 0 Å². The minimum absolute atomic E-state index is 0.305. The summed E-state index contributed by atoms with van der Waals surface area (Å²) in [6.07, 6.45) is -2.08. The predicted molar refractivity (Wildman–Crippen MR) is 116 cm³/mol. The van der Waals surface area contributed by atoms with Gasteiger partial charge in [-0.05, 0) is 55.2 Å². The Bertz CT molecular complexity index is 1080. The number of hydrogen-bond acceptors (Lipinski definition) is 4. The molecule has 0 N–H and O–H groups in total. The molecule has 2 aliphatic rings. The lowest BCUT2D eigenvalue weighted by Gasteiger charge is -2.40. The van der Waals surface area contributed by atoms with E-state index in [1.165, 1.54) is 16.4 Å². The lowest BCUT2D eigenvalue weighted by Crippen LogP contribution is -2.47. The average Bonchev–Trinajstić information content (AvgIpc) is 2.79. The van der Waals surface area contributed by atoms with Gasteiger partial charge in [-0.25, -0.2) is 8.42 Å². The second kappa shape index (κ2) is 8.88. The second-order valence-electron chi connectivity index (χ2n) is 8.08. The number of benzene rings is 2. The molecule has 0 spiro atoms. The van der Waals surface area contributed by atoms with Crippen molar-refractivity contribution in [1.82, 2.24) is 9.21 Å². The average molecular weight is 467 g/mol. The molecular weight excluding hydrogens is 441 g/mol. The molecule has 172 valence electrons. The standard InChI is InChI=1S/C23H25F3N2O3S/c1-2-32(29,30)28-14-10-19(11-15-28)27-13-12-21-17(16-27)4-3-5-22(21)31-20-8-6-18(7-9-20)23(24,25)26/h2-9,19H,1,10-16H2. The molecule has 0 atom stereocenters. The molecule has 0 radical (unpaired) electrons. The van der Waals surface area contributed by atoms with Crippen LogP contribution in [0.4, 0.5) is 13.2 Å². The maximum Gasteiger partial charge on any atom is 0.416 e. The lowest BCUT2D eigenvalue weighted by atomic mass is 9.95. The molecule has 2 aromatic rings. The van der Waals surface area contributed by atoms with E-state index in [1.807, 2.05) is 18.2 Å². The summed E-state index contributed by atoms with van der Waals surface area (Å²) in [4.78, 5) is 2.38. The summed E-state index contributed by atoms with van der Waals surface area (Å²) < 4.78 is 69.7. The molecule has 0 aliphatic carbocycles. The van der Waals surface area contributed by atoms with Crippen LogP contribution in [0.25, 0.3) is 0 Å². The van der Waals surface area contributed by atoms with E-state index in [9.17, 15) is 21.6 Å². The third-order valence-corrected chi connectivity index (χ3v) is 7.68. The lowest BCUT2D eigenvalue weighted by molar-refractivity contribution is -0.137. The number of halogens is 3. The van der Waals surface area contributed by atoms with E-state index in [1.54, 1.807) is 0 Å². The molecule has 2 aliphatic heterocycles. The van der Waals surface area contributed by atoms with Crippen molar-refractivity contribution in [1.29, 1.82) is 0 Å². The first kappa shape index (κ1) is 22.8. The van der Waals surface area contributed by atoms with E-state index in [2.05, 4.69) is 11.5 Å². The van der Waals surface area contributed by atoms with Crippen molar-refractivity contribution in [2.45, 2.75) is 38.0 Å². The zero-order valence-corrected chi connectivity index (χ0v) is 18.3. The van der Waals surface area contributed by atoms with Crippen LogP contribution in [0.15, 0.2) is 54.5 Å². The number of rotatable bonds is 5. The largest absolute Gasteiger partial charge is 0.457 e. The van der Waals surface area contributed by atoms with E-state index in [0.29, 0.717) is 30.6 Å². The van der Waals surface area contributed by atoms with Crippen LogP contribution < -0.4 is 4.74 Å². The minimum Gasteiger partial charge on any atom is -0.457 e. The smallest absolute Gasteiger partial charge is 0.416 e. The van der Waals surface area contributed by atoms with Crippen LogP contribution in [0.1, 0.15) is 29.5 Å². The van der Waals surface area contributed by atoms with E-state index < -0.39 is 21.8 Å². The Labute approximate surface area is 186 Å². The number of ether oxygens (including phenoxy) is 1. The molecule has 32 heavy (non-hydrogen) atoms. The second-order valence-corrected chi connectivity index (χ2v) is 9.96. The van der Waals surface area contributed by atoms with Crippen LogP contribution in [-0.4, -0.2) is 43.3 Å². The highest BCUT2D eigenvalue weighted by molar-refractivity contribution is 7.92. The zero-order chi connectivity index (χ0) is 22.9. The Hall–Kier alpha value is -2.36. The number of alkyl halides is 3. The van der Waals surface area contributed by atoms with Crippen LogP contribution in [0, 0.1) is 0 Å². The Morgan fingerprint density at radius 2 is 1.72 bits per heavy atom. The quantitative estimate of drug-likeness (QED) is 0.636. The summed E-state index contributed by atoms with van der Waals surface area (Å²) in [7, 11) is -3.37. The summed E-state index contributed by atoms with van der Waals surface area (Å²) in [5.41, 5.74) is 1.49. The summed E-state index contributed by atoms with van der Waals surface area (Å²) in [5, 5.41) is 1.00. The van der Waals surface area contributed by atoms with Crippen molar-refractivity contribution in [3.63, 3.8) is 0 Å². The fourth-order valence-corrected chi connectivity index (χ4v) is 5.34. The van der Waals surface area contributed by atoms with Gasteiger partial charge in [0.2, 0.25) is 10.0 Å². The van der Waals surface area contributed by atoms with Gasteiger partial charge < -0.3 is 4.74 Å². The number of hydrogen-bond donors (Lipinski definition) is 0. The number of nitrogens with zero attached hydrogens (tertiary/aromatic N) is 2. The molecule has 1 fully saturated rings. The molecule has 0 bridgehead atoms. The van der Waals surface area contributed by atoms with Gasteiger partial charge in [0.05, 0.1) is 5.56 Å². The molecule has 0 saturated carbocycles. The first-order valence-corrected chi connectivity index (χ1v) is 12.0. The van der Waals surface area contributed by atoms with Crippen LogP contribution in [0.3, 0.4) is 0 Å². The first-order chi connectivity index (χ1) is 15.2. The monoisotopic (exact) mass is 466 g/mol. The molecular formula is C23H25F3N2O3S. The number of piperidine rings is 1. The molecule has 1 saturated heterocycles. The van der Waals surface area contributed by atoms with E-state index in [-0.39, 0.29) is 0 Å². The van der Waals surface area contributed by atoms with E-state index in [4.69, 9.17) is 4.74 Å². The van der Waals surface area contributed by atoms with Gasteiger partial charge in [0.25, 0.3) is 0 Å². The van der Waals surface area contributed by atoms with Gasteiger partial charge in [0, 0.05) is 43.2 Å². The van der Waals surface area contributed by atoms with Crippen molar-refractivity contribution in [2.75, 3.05) is 19.6 Å². The first-order valence-electron chi connectivity index (χ1n) is 10.5. The minimum atomic E-state index is -4.38. The van der Waals surface area contributed by atoms with Crippen LogP contribution in [0.5, 0.6) is 11.5 Å². The van der Waals surface area contributed by atoms with Crippen LogP contribution >= 0.6 is 0 Å². The zero-order valence-electron chi connectivity index (χ0n) is 17.5. The van der Waals surface area contributed by atoms with Gasteiger partial charge in [0.1, 0.15) is 11.5 Å². The van der Waals surface area contributed by atoms with Crippen molar-refractivity contribution in [3.05, 3.63) is 71.1 Å². The summed E-state index contributed by atoms with van der Waals surface area (Å²) in [6, 6.07) is 10.8. The Kier molecular flexibility index (Phi) is 6.33. The fraction of sp³-hybridized carbons (Fsp3) is 0.391. The van der Waals surface area contributed by atoms with Crippen molar-refractivity contribution in [3.8, 4) is 11.5 Å². The molecule has 9 heteroatoms. The SMILES string of the molecule is C=CS(=O)(=O)N1CCC(N2CCc3c(cccc3Oc3ccc(C(F)(F)F)cc3)C2)CC1. The van der Waals surface area contributed by atoms with Crippen molar-refractivity contribution < 1.29 is 26.3 Å². The van der Waals surface area contributed by atoms with E-state index >= 15 is 0 Å². The molecule has 2 heterocycles. The van der Waals surface area contributed by atoms with Gasteiger partial charge in [0.15, 0.2) is 0 Å². The topological polar surface area (TPSA) is 49.9 Å². The fourth-order valence-electron chi connectivity index (χ4n) is 4.41. The molecule has 0 aromatic heterocycles.